The van der Waals surface area contributed by atoms with Crippen LogP contribution in [-0.2, 0) is 11.4 Å². The average Bonchev–Trinajstić information content (AvgIpc) is 3.26. The first-order chi connectivity index (χ1) is 16.1. The number of ether oxygens (including phenoxy) is 2. The lowest BCUT2D eigenvalue weighted by molar-refractivity contribution is -0.113. The molecule has 7 nitrogen and oxygen atoms in total. The Balaban J connectivity index is 1.47. The standard InChI is InChI=1S/C24H21FN4O3S/c1-31-19-13-11-17(12-14-19)26-23(30)16-33-24-28-27-22(29(24)18-7-3-2-4-8-18)15-32-21-10-6-5-9-20(21)25/h2-14H,15-16H2,1H3,(H,26,30). The molecule has 0 bridgehead atoms. The molecule has 0 saturated heterocycles. The minimum absolute atomic E-state index is 0.0153. The molecule has 0 atom stereocenters. The van der Waals surface area contributed by atoms with Gasteiger partial charge < -0.3 is 14.8 Å². The number of methoxy groups -OCH3 is 1. The van der Waals surface area contributed by atoms with Gasteiger partial charge in [-0.15, -0.1) is 10.2 Å². The van der Waals surface area contributed by atoms with Crippen LogP contribution in [0.25, 0.3) is 5.69 Å². The molecule has 168 valence electrons. The van der Waals surface area contributed by atoms with E-state index in [1.807, 2.05) is 30.3 Å². The Kier molecular flexibility index (Phi) is 7.21. The lowest BCUT2D eigenvalue weighted by Crippen LogP contribution is -2.14. The minimum atomic E-state index is -0.451. The van der Waals surface area contributed by atoms with Crippen molar-refractivity contribution in [3.8, 4) is 17.2 Å². The number of hydrogen-bond acceptors (Lipinski definition) is 6. The Morgan fingerprint density at radius 1 is 1.00 bits per heavy atom. The predicted molar refractivity (Wildman–Crippen MR) is 124 cm³/mol. The van der Waals surface area contributed by atoms with Crippen LogP contribution in [0, 0.1) is 5.82 Å². The van der Waals surface area contributed by atoms with Crippen LogP contribution in [0.5, 0.6) is 11.5 Å². The zero-order chi connectivity index (χ0) is 23.0. The Bertz CT molecular complexity index is 1220. The van der Waals surface area contributed by atoms with Crippen molar-refractivity contribution < 1.29 is 18.7 Å². The number of nitrogens with zero attached hydrogens (tertiary/aromatic N) is 3. The number of rotatable bonds is 9. The summed E-state index contributed by atoms with van der Waals surface area (Å²) in [6, 6.07) is 22.8. The summed E-state index contributed by atoms with van der Waals surface area (Å²) < 4.78 is 26.5. The van der Waals surface area contributed by atoms with Gasteiger partial charge in [0.2, 0.25) is 5.91 Å². The summed E-state index contributed by atoms with van der Waals surface area (Å²) in [5, 5.41) is 11.8. The average molecular weight is 465 g/mol. The van der Waals surface area contributed by atoms with Crippen molar-refractivity contribution in [1.29, 1.82) is 0 Å². The SMILES string of the molecule is COc1ccc(NC(=O)CSc2nnc(COc3ccccc3F)n2-c2ccccc2)cc1. The largest absolute Gasteiger partial charge is 0.497 e. The third-order valence-electron chi connectivity index (χ3n) is 4.61. The van der Waals surface area contributed by atoms with Gasteiger partial charge in [0.1, 0.15) is 12.4 Å². The quantitative estimate of drug-likeness (QED) is 0.361. The van der Waals surface area contributed by atoms with Gasteiger partial charge in [-0.1, -0.05) is 42.1 Å². The lowest BCUT2D eigenvalue weighted by atomic mass is 10.3. The van der Waals surface area contributed by atoms with Crippen molar-refractivity contribution in [2.24, 2.45) is 0 Å². The second-order valence-electron chi connectivity index (χ2n) is 6.85. The van der Waals surface area contributed by atoms with E-state index < -0.39 is 5.82 Å². The molecule has 0 spiro atoms. The first-order valence-electron chi connectivity index (χ1n) is 10.1. The van der Waals surface area contributed by atoms with E-state index in [4.69, 9.17) is 9.47 Å². The van der Waals surface area contributed by atoms with Gasteiger partial charge in [-0.3, -0.25) is 9.36 Å². The maximum absolute atomic E-state index is 13.9. The van der Waals surface area contributed by atoms with Crippen LogP contribution in [0.4, 0.5) is 10.1 Å². The summed E-state index contributed by atoms with van der Waals surface area (Å²) in [4.78, 5) is 12.5. The van der Waals surface area contributed by atoms with Gasteiger partial charge in [0.15, 0.2) is 22.5 Å². The molecular weight excluding hydrogens is 443 g/mol. The van der Waals surface area contributed by atoms with E-state index in [1.165, 1.54) is 17.8 Å². The topological polar surface area (TPSA) is 78.3 Å². The van der Waals surface area contributed by atoms with Crippen LogP contribution in [-0.4, -0.2) is 33.5 Å². The van der Waals surface area contributed by atoms with E-state index in [0.717, 1.165) is 5.69 Å². The minimum Gasteiger partial charge on any atom is -0.497 e. The molecule has 1 amide bonds. The molecule has 4 aromatic rings. The molecule has 0 unspecified atom stereocenters. The van der Waals surface area contributed by atoms with Gasteiger partial charge in [-0.2, -0.15) is 0 Å². The third kappa shape index (κ3) is 5.69. The number of amides is 1. The second-order valence-corrected chi connectivity index (χ2v) is 7.80. The van der Waals surface area contributed by atoms with Crippen molar-refractivity contribution in [3.05, 3.63) is 90.5 Å². The van der Waals surface area contributed by atoms with Crippen LogP contribution >= 0.6 is 11.8 Å². The van der Waals surface area contributed by atoms with Gasteiger partial charge >= 0.3 is 0 Å². The summed E-state index contributed by atoms with van der Waals surface area (Å²) in [6.07, 6.45) is 0. The third-order valence-corrected chi connectivity index (χ3v) is 5.54. The number of nitrogens with one attached hydrogen (secondary N) is 1. The first-order valence-corrected chi connectivity index (χ1v) is 11.1. The van der Waals surface area contributed by atoms with Crippen molar-refractivity contribution in [3.63, 3.8) is 0 Å². The number of thioether (sulfide) groups is 1. The highest BCUT2D eigenvalue weighted by molar-refractivity contribution is 7.99. The summed E-state index contributed by atoms with van der Waals surface area (Å²) in [6.45, 7) is 0.0153. The molecule has 1 N–H and O–H groups in total. The summed E-state index contributed by atoms with van der Waals surface area (Å²) in [5.41, 5.74) is 1.48. The lowest BCUT2D eigenvalue weighted by Gasteiger charge is -2.11. The summed E-state index contributed by atoms with van der Waals surface area (Å²) in [5.74, 6) is 0.828. The Morgan fingerprint density at radius 2 is 1.73 bits per heavy atom. The zero-order valence-corrected chi connectivity index (χ0v) is 18.6. The van der Waals surface area contributed by atoms with E-state index in [-0.39, 0.29) is 24.0 Å². The first kappa shape index (κ1) is 22.3. The fourth-order valence-corrected chi connectivity index (χ4v) is 3.80. The molecule has 0 aliphatic carbocycles. The Morgan fingerprint density at radius 3 is 2.45 bits per heavy atom. The Hall–Kier alpha value is -3.85. The molecule has 0 saturated carbocycles. The molecule has 33 heavy (non-hydrogen) atoms. The van der Waals surface area contributed by atoms with Gasteiger partial charge in [0.25, 0.3) is 0 Å². The molecule has 1 aromatic heterocycles. The van der Waals surface area contributed by atoms with Crippen molar-refractivity contribution in [2.75, 3.05) is 18.2 Å². The highest BCUT2D eigenvalue weighted by Crippen LogP contribution is 2.24. The zero-order valence-electron chi connectivity index (χ0n) is 17.8. The Labute approximate surface area is 194 Å². The van der Waals surface area contributed by atoms with Crippen molar-refractivity contribution in [1.82, 2.24) is 14.8 Å². The van der Waals surface area contributed by atoms with Crippen LogP contribution in [0.2, 0.25) is 0 Å². The van der Waals surface area contributed by atoms with E-state index in [1.54, 1.807) is 54.1 Å². The molecular formula is C24H21FN4O3S. The van der Waals surface area contributed by atoms with Crippen LogP contribution < -0.4 is 14.8 Å². The van der Waals surface area contributed by atoms with E-state index in [9.17, 15) is 9.18 Å². The molecule has 3 aromatic carbocycles. The number of para-hydroxylation sites is 2. The van der Waals surface area contributed by atoms with E-state index in [0.29, 0.717) is 22.4 Å². The fraction of sp³-hybridized carbons (Fsp3) is 0.125. The van der Waals surface area contributed by atoms with E-state index >= 15 is 0 Å². The van der Waals surface area contributed by atoms with Gasteiger partial charge in [-0.05, 0) is 48.5 Å². The molecule has 0 radical (unpaired) electrons. The monoisotopic (exact) mass is 464 g/mol. The summed E-state index contributed by atoms with van der Waals surface area (Å²) in [7, 11) is 1.59. The highest BCUT2D eigenvalue weighted by atomic mass is 32.2. The molecule has 1 heterocycles. The number of aromatic nitrogens is 3. The maximum Gasteiger partial charge on any atom is 0.234 e. The molecule has 0 aliphatic rings. The molecule has 4 rings (SSSR count). The normalized spacial score (nSPS) is 10.6. The smallest absolute Gasteiger partial charge is 0.234 e. The van der Waals surface area contributed by atoms with Gasteiger partial charge in [-0.25, -0.2) is 4.39 Å². The molecule has 0 aliphatic heterocycles. The number of carbonyl (C=O) groups excluding carboxylic acids is 1. The highest BCUT2D eigenvalue weighted by Gasteiger charge is 2.17. The van der Waals surface area contributed by atoms with Crippen molar-refractivity contribution >= 4 is 23.4 Å². The molecule has 9 heteroatoms. The van der Waals surface area contributed by atoms with Crippen LogP contribution in [0.3, 0.4) is 0 Å². The number of benzene rings is 3. The fourth-order valence-electron chi connectivity index (χ4n) is 3.03. The number of anilines is 1. The predicted octanol–water partition coefficient (Wildman–Crippen LogP) is 4.72. The van der Waals surface area contributed by atoms with Crippen LogP contribution in [0.15, 0.2) is 84.0 Å². The van der Waals surface area contributed by atoms with Crippen molar-refractivity contribution in [2.45, 2.75) is 11.8 Å². The summed E-state index contributed by atoms with van der Waals surface area (Å²) >= 11 is 1.25. The second kappa shape index (κ2) is 10.6. The molecule has 0 fully saturated rings. The maximum atomic E-state index is 13.9. The van der Waals surface area contributed by atoms with Gasteiger partial charge in [0.05, 0.1) is 12.9 Å². The number of halogens is 1. The number of carbonyl (C=O) groups is 1. The van der Waals surface area contributed by atoms with E-state index in [2.05, 4.69) is 15.5 Å². The van der Waals surface area contributed by atoms with Gasteiger partial charge in [0, 0.05) is 11.4 Å². The van der Waals surface area contributed by atoms with Crippen LogP contribution in [0.1, 0.15) is 5.82 Å². The number of hydrogen-bond donors (Lipinski definition) is 1.